The molecule has 0 atom stereocenters. The molecule has 1 radical (unpaired) electrons. The lowest BCUT2D eigenvalue weighted by atomic mass is 10.0. The Bertz CT molecular complexity index is 1840. The van der Waals surface area contributed by atoms with Gasteiger partial charge in [-0.3, -0.25) is 0 Å². The molecule has 2 heterocycles. The van der Waals surface area contributed by atoms with Crippen LogP contribution >= 0.6 is 11.3 Å². The van der Waals surface area contributed by atoms with Gasteiger partial charge in [-0.25, -0.2) is 0 Å². The Morgan fingerprint density at radius 1 is 0.667 bits per heavy atom. The molecule has 33 heavy (non-hydrogen) atoms. The highest BCUT2D eigenvalue weighted by Crippen LogP contribution is 2.42. The average molecular weight is 442 g/mol. The summed E-state index contributed by atoms with van der Waals surface area (Å²) in [5, 5.41) is 16.5. The highest BCUT2D eigenvalue weighted by Gasteiger charge is 2.16. The molecule has 0 saturated heterocycles. The van der Waals surface area contributed by atoms with Crippen molar-refractivity contribution >= 4 is 71.8 Å². The van der Waals surface area contributed by atoms with Crippen molar-refractivity contribution in [3.8, 4) is 11.4 Å². The van der Waals surface area contributed by atoms with Gasteiger partial charge in [0.1, 0.15) is 5.75 Å². The van der Waals surface area contributed by atoms with E-state index in [1.807, 2.05) is 29.5 Å². The predicted molar refractivity (Wildman–Crippen MR) is 140 cm³/mol. The molecule has 0 fully saturated rings. The molecule has 0 bridgehead atoms. The number of hydrogen-bond acceptors (Lipinski definition) is 3. The van der Waals surface area contributed by atoms with Crippen LogP contribution < -0.4 is 4.65 Å². The Labute approximate surface area is 194 Å². The Hall–Kier alpha value is -3.80. The monoisotopic (exact) mass is 442 g/mol. The van der Waals surface area contributed by atoms with Crippen LogP contribution in [0.1, 0.15) is 0 Å². The number of aromatic nitrogens is 1. The molecule has 0 spiro atoms. The second kappa shape index (κ2) is 7.10. The van der Waals surface area contributed by atoms with E-state index in [0.717, 1.165) is 35.2 Å². The lowest BCUT2D eigenvalue weighted by Gasteiger charge is -2.09. The van der Waals surface area contributed by atoms with Crippen molar-refractivity contribution in [2.45, 2.75) is 0 Å². The van der Waals surface area contributed by atoms with Crippen molar-refractivity contribution in [3.05, 3.63) is 97.1 Å². The number of rotatable bonds is 3. The number of hydrogen-bond donors (Lipinski definition) is 1. The Morgan fingerprint density at radius 3 is 2.36 bits per heavy atom. The molecule has 0 unspecified atom stereocenters. The van der Waals surface area contributed by atoms with E-state index in [1.54, 1.807) is 0 Å². The Morgan fingerprint density at radius 2 is 1.48 bits per heavy atom. The van der Waals surface area contributed by atoms with Gasteiger partial charge in [-0.05, 0) is 65.4 Å². The molecule has 5 aromatic carbocycles. The first-order valence-electron chi connectivity index (χ1n) is 10.8. The summed E-state index contributed by atoms with van der Waals surface area (Å²) in [7, 11) is 0.730. The summed E-state index contributed by atoms with van der Waals surface area (Å²) in [6, 6.07) is 34.1. The first kappa shape index (κ1) is 18.7. The predicted octanol–water partition coefficient (Wildman–Crippen LogP) is 7.21. The first-order valence-corrected chi connectivity index (χ1v) is 11.6. The summed E-state index contributed by atoms with van der Waals surface area (Å²) < 4.78 is 10.2. The lowest BCUT2D eigenvalue weighted by Crippen LogP contribution is -1.99. The van der Waals surface area contributed by atoms with Gasteiger partial charge in [0.2, 0.25) is 0 Å². The molecule has 0 aliphatic carbocycles. The molecule has 7 rings (SSSR count). The minimum absolute atomic E-state index is 0.608. The average Bonchev–Trinajstić information content (AvgIpc) is 3.39. The summed E-state index contributed by atoms with van der Waals surface area (Å²) in [6.45, 7) is 0. The molecule has 155 valence electrons. The molecule has 7 aromatic rings. The number of benzene rings is 5. The molecule has 0 aliphatic heterocycles. The summed E-state index contributed by atoms with van der Waals surface area (Å²) in [4.78, 5) is 0. The van der Waals surface area contributed by atoms with Gasteiger partial charge in [-0.15, -0.1) is 11.3 Å². The largest absolute Gasteiger partial charge is 0.569 e. The van der Waals surface area contributed by atoms with E-state index < -0.39 is 0 Å². The molecule has 0 amide bonds. The smallest absolute Gasteiger partial charge is 0.537 e. The van der Waals surface area contributed by atoms with E-state index in [0.29, 0.717) is 5.75 Å². The molecule has 1 N–H and O–H groups in total. The normalized spacial score (nSPS) is 11.8. The van der Waals surface area contributed by atoms with Crippen molar-refractivity contribution in [1.29, 1.82) is 0 Å². The molecule has 2 aromatic heterocycles. The van der Waals surface area contributed by atoms with Gasteiger partial charge in [-0.2, -0.15) is 0 Å². The number of para-hydroxylation sites is 1. The van der Waals surface area contributed by atoms with E-state index in [4.69, 9.17) is 4.65 Å². The maximum atomic E-state index is 9.17. The summed E-state index contributed by atoms with van der Waals surface area (Å²) in [5.41, 5.74) is 3.36. The minimum Gasteiger partial charge on any atom is -0.537 e. The molecule has 5 heteroatoms. The maximum Gasteiger partial charge on any atom is 0.569 e. The maximum absolute atomic E-state index is 9.17. The van der Waals surface area contributed by atoms with Gasteiger partial charge in [0.15, 0.2) is 0 Å². The quantitative estimate of drug-likeness (QED) is 0.294. The third-order valence-electron chi connectivity index (χ3n) is 6.42. The van der Waals surface area contributed by atoms with Gasteiger partial charge in [0.25, 0.3) is 0 Å². The van der Waals surface area contributed by atoms with Gasteiger partial charge in [0, 0.05) is 36.6 Å². The van der Waals surface area contributed by atoms with Crippen LogP contribution in [0.4, 0.5) is 0 Å². The van der Waals surface area contributed by atoms with Crippen LogP contribution in [0.15, 0.2) is 97.1 Å². The lowest BCUT2D eigenvalue weighted by molar-refractivity contribution is 0.454. The van der Waals surface area contributed by atoms with Crippen molar-refractivity contribution in [1.82, 2.24) is 4.57 Å². The number of thiophene rings is 1. The van der Waals surface area contributed by atoms with Crippen LogP contribution in [0, 0.1) is 0 Å². The second-order valence-corrected chi connectivity index (χ2v) is 9.28. The van der Waals surface area contributed by atoms with Gasteiger partial charge < -0.3 is 14.2 Å². The van der Waals surface area contributed by atoms with E-state index in [-0.39, 0.29) is 0 Å². The minimum atomic E-state index is 0.608. The molecule has 0 aliphatic rings. The zero-order chi connectivity index (χ0) is 21.9. The Kier molecular flexibility index (Phi) is 4.04. The summed E-state index contributed by atoms with van der Waals surface area (Å²) >= 11 is 1.84. The topological polar surface area (TPSA) is 34.4 Å². The van der Waals surface area contributed by atoms with Gasteiger partial charge in [0.05, 0.1) is 11.0 Å². The van der Waals surface area contributed by atoms with Gasteiger partial charge in [-0.1, -0.05) is 42.5 Å². The second-order valence-electron chi connectivity index (χ2n) is 8.20. The van der Waals surface area contributed by atoms with E-state index in [1.165, 1.54) is 30.9 Å². The zero-order valence-electron chi connectivity index (χ0n) is 17.5. The standard InChI is InChI=1S/C28H17BNO2S/c31-29-32-19-11-12-24-22(15-19)23-16-21-17(14-25(23)30(24)18-6-2-1-3-7-18)10-13-27-28(21)20-8-4-5-9-26(20)33-27/h1-16,31H. The van der Waals surface area contributed by atoms with Crippen LogP contribution in [0.3, 0.4) is 0 Å². The van der Waals surface area contributed by atoms with Crippen molar-refractivity contribution in [2.75, 3.05) is 0 Å². The highest BCUT2D eigenvalue weighted by molar-refractivity contribution is 7.26. The van der Waals surface area contributed by atoms with Crippen LogP contribution in [0.5, 0.6) is 5.75 Å². The zero-order valence-corrected chi connectivity index (χ0v) is 18.3. The van der Waals surface area contributed by atoms with Crippen molar-refractivity contribution in [3.63, 3.8) is 0 Å². The third-order valence-corrected chi connectivity index (χ3v) is 7.55. The van der Waals surface area contributed by atoms with Crippen molar-refractivity contribution in [2.24, 2.45) is 0 Å². The number of fused-ring (bicyclic) bond motifs is 8. The fourth-order valence-corrected chi connectivity index (χ4v) is 6.15. The van der Waals surface area contributed by atoms with E-state index in [2.05, 4.69) is 83.4 Å². The molecular formula is C28H17BNO2S. The molecule has 0 saturated carbocycles. The molecule has 3 nitrogen and oxygen atoms in total. The SMILES string of the molecule is O[B]Oc1ccc2c(c1)c1cc3c(ccc4sc5ccccc5c43)cc1n2-c1ccccc1. The van der Waals surface area contributed by atoms with Crippen LogP contribution in [0.25, 0.3) is 58.4 Å². The van der Waals surface area contributed by atoms with Crippen LogP contribution in [-0.2, 0) is 0 Å². The Balaban J connectivity index is 1.67. The summed E-state index contributed by atoms with van der Waals surface area (Å²) in [5.74, 6) is 0.608. The van der Waals surface area contributed by atoms with Crippen LogP contribution in [0.2, 0.25) is 0 Å². The van der Waals surface area contributed by atoms with E-state index >= 15 is 0 Å². The van der Waals surface area contributed by atoms with Crippen molar-refractivity contribution < 1.29 is 9.68 Å². The number of nitrogens with zero attached hydrogens (tertiary/aromatic N) is 1. The van der Waals surface area contributed by atoms with Crippen LogP contribution in [-0.4, -0.2) is 17.3 Å². The molecular weight excluding hydrogens is 425 g/mol. The fourth-order valence-electron chi connectivity index (χ4n) is 5.03. The third kappa shape index (κ3) is 2.73. The summed E-state index contributed by atoms with van der Waals surface area (Å²) in [6.07, 6.45) is 0. The van der Waals surface area contributed by atoms with E-state index in [9.17, 15) is 5.02 Å². The van der Waals surface area contributed by atoms with Gasteiger partial charge >= 0.3 is 7.69 Å². The fraction of sp³-hybridized carbons (Fsp3) is 0. The first-order chi connectivity index (χ1) is 16.3. The highest BCUT2D eigenvalue weighted by atomic mass is 32.1.